The van der Waals surface area contributed by atoms with E-state index >= 15 is 0 Å². The average molecular weight is 300 g/mol. The van der Waals surface area contributed by atoms with Gasteiger partial charge in [-0.1, -0.05) is 0 Å². The third-order valence-electron chi connectivity index (χ3n) is 3.19. The van der Waals surface area contributed by atoms with Gasteiger partial charge in [0.1, 0.15) is 0 Å². The van der Waals surface area contributed by atoms with Crippen LogP contribution in [0.5, 0.6) is 0 Å². The van der Waals surface area contributed by atoms with Crippen LogP contribution in [-0.2, 0) is 0 Å². The van der Waals surface area contributed by atoms with Gasteiger partial charge in [0.2, 0.25) is 0 Å². The molecule has 0 aliphatic heterocycles. The Bertz CT molecular complexity index is 648. The summed E-state index contributed by atoms with van der Waals surface area (Å²) in [6, 6.07) is 9.94. The van der Waals surface area contributed by atoms with Gasteiger partial charge in [0.15, 0.2) is 5.78 Å². The Morgan fingerprint density at radius 1 is 0.864 bits per heavy atom. The molecule has 2 aromatic carbocycles. The summed E-state index contributed by atoms with van der Waals surface area (Å²) in [6.07, 6.45) is 0. The molecule has 2 rings (SSSR count). The van der Waals surface area contributed by atoms with Crippen molar-refractivity contribution in [3.8, 4) is 0 Å². The number of aryl methyl sites for hydroxylation is 2. The predicted octanol–water partition coefficient (Wildman–Crippen LogP) is 3.06. The lowest BCUT2D eigenvalue weighted by atomic mass is 10.1. The minimum atomic E-state index is -0.923. The molecule has 0 aromatic heterocycles. The monoisotopic (exact) mass is 300 g/mol. The number of hydrogen-bond acceptors (Lipinski definition) is 4. The van der Waals surface area contributed by atoms with E-state index in [1.54, 1.807) is 44.2 Å². The summed E-state index contributed by atoms with van der Waals surface area (Å²) in [5, 5.41) is 8.56. The number of carbonyl (C=O) groups is 2. The van der Waals surface area contributed by atoms with Crippen molar-refractivity contribution in [1.29, 1.82) is 0 Å². The molecule has 22 heavy (non-hydrogen) atoms. The molecule has 0 fully saturated rings. The van der Waals surface area contributed by atoms with Gasteiger partial charge in [-0.2, -0.15) is 0 Å². The lowest BCUT2D eigenvalue weighted by molar-refractivity contribution is 0.0696. The van der Waals surface area contributed by atoms with E-state index in [2.05, 4.69) is 0 Å². The molecule has 2 aromatic rings. The largest absolute Gasteiger partial charge is 0.478 e. The van der Waals surface area contributed by atoms with E-state index < -0.39 is 5.97 Å². The molecule has 5 heteroatoms. The van der Waals surface area contributed by atoms with Gasteiger partial charge >= 0.3 is 5.97 Å². The number of hydrogen-bond donors (Lipinski definition) is 3. The fourth-order valence-electron chi connectivity index (χ4n) is 1.70. The molecule has 0 amide bonds. The Labute approximate surface area is 129 Å². The predicted molar refractivity (Wildman–Crippen MR) is 88.1 cm³/mol. The zero-order valence-electron chi connectivity index (χ0n) is 12.9. The number of aromatic carboxylic acids is 1. The highest BCUT2D eigenvalue weighted by molar-refractivity contribution is 5.94. The van der Waals surface area contributed by atoms with E-state index in [4.69, 9.17) is 16.6 Å². The standard InChI is InChI=1S/C9H11NO.C8H9NO2/c1-6-5-8(7(2)11)3-4-9(6)10;1-5-4-6(8(10)11)2-3-7(5)9/h3-5H,10H2,1-2H3;2-4H,9H2,1H3,(H,10,11). The summed E-state index contributed by atoms with van der Waals surface area (Å²) in [6.45, 7) is 5.22. The van der Waals surface area contributed by atoms with E-state index in [1.807, 2.05) is 6.92 Å². The highest BCUT2D eigenvalue weighted by atomic mass is 16.4. The van der Waals surface area contributed by atoms with Gasteiger partial charge in [0, 0.05) is 16.9 Å². The smallest absolute Gasteiger partial charge is 0.335 e. The first-order valence-corrected chi connectivity index (χ1v) is 6.69. The molecule has 0 spiro atoms. The van der Waals surface area contributed by atoms with Gasteiger partial charge in [-0.25, -0.2) is 4.79 Å². The number of carboxylic acids is 1. The molecule has 0 bridgehead atoms. The van der Waals surface area contributed by atoms with Crippen LogP contribution >= 0.6 is 0 Å². The van der Waals surface area contributed by atoms with Crippen LogP contribution in [-0.4, -0.2) is 16.9 Å². The van der Waals surface area contributed by atoms with Gasteiger partial charge in [-0.3, -0.25) is 4.79 Å². The molecular formula is C17H20N2O3. The van der Waals surface area contributed by atoms with Crippen LogP contribution in [0.4, 0.5) is 11.4 Å². The van der Waals surface area contributed by atoms with E-state index in [-0.39, 0.29) is 11.3 Å². The van der Waals surface area contributed by atoms with Crippen molar-refractivity contribution >= 4 is 23.1 Å². The molecular weight excluding hydrogens is 280 g/mol. The number of Topliss-reactive ketones (excluding diaryl/α,β-unsaturated/α-hetero) is 1. The number of benzene rings is 2. The van der Waals surface area contributed by atoms with Gasteiger partial charge in [-0.05, 0) is 68.3 Å². The van der Waals surface area contributed by atoms with Crippen LogP contribution in [0, 0.1) is 13.8 Å². The van der Waals surface area contributed by atoms with Gasteiger partial charge < -0.3 is 16.6 Å². The average Bonchev–Trinajstić information content (AvgIpc) is 2.45. The van der Waals surface area contributed by atoms with E-state index in [0.717, 1.165) is 22.4 Å². The maximum absolute atomic E-state index is 10.9. The fourth-order valence-corrected chi connectivity index (χ4v) is 1.70. The van der Waals surface area contributed by atoms with Crippen LogP contribution in [0.15, 0.2) is 36.4 Å². The first kappa shape index (κ1) is 17.2. The molecule has 5 N–H and O–H groups in total. The van der Waals surface area contributed by atoms with Crippen molar-refractivity contribution in [2.75, 3.05) is 11.5 Å². The molecule has 0 atom stereocenters. The summed E-state index contributed by atoms with van der Waals surface area (Å²) in [7, 11) is 0. The second-order valence-corrected chi connectivity index (χ2v) is 5.00. The van der Waals surface area contributed by atoms with Crippen molar-refractivity contribution in [3.05, 3.63) is 58.7 Å². The molecule has 0 saturated carbocycles. The molecule has 5 nitrogen and oxygen atoms in total. The van der Waals surface area contributed by atoms with Crippen LogP contribution in [0.25, 0.3) is 0 Å². The number of nitrogen functional groups attached to an aromatic ring is 2. The third-order valence-corrected chi connectivity index (χ3v) is 3.19. The van der Waals surface area contributed by atoms with Gasteiger partial charge in [0.25, 0.3) is 0 Å². The Morgan fingerprint density at radius 2 is 1.27 bits per heavy atom. The molecule has 0 aliphatic carbocycles. The molecule has 0 saturated heterocycles. The van der Waals surface area contributed by atoms with Gasteiger partial charge in [-0.15, -0.1) is 0 Å². The van der Waals surface area contributed by atoms with Crippen LogP contribution < -0.4 is 11.5 Å². The van der Waals surface area contributed by atoms with Crippen LogP contribution in [0.2, 0.25) is 0 Å². The van der Waals surface area contributed by atoms with E-state index in [0.29, 0.717) is 5.69 Å². The van der Waals surface area contributed by atoms with Crippen LogP contribution in [0.3, 0.4) is 0 Å². The molecule has 0 heterocycles. The van der Waals surface area contributed by atoms with Crippen molar-refractivity contribution in [2.24, 2.45) is 0 Å². The minimum Gasteiger partial charge on any atom is -0.478 e. The summed E-state index contributed by atoms with van der Waals surface area (Å²) >= 11 is 0. The summed E-state index contributed by atoms with van der Waals surface area (Å²) in [5.74, 6) is -0.846. The highest BCUT2D eigenvalue weighted by Gasteiger charge is 2.02. The summed E-state index contributed by atoms with van der Waals surface area (Å²) < 4.78 is 0. The van der Waals surface area contributed by atoms with Crippen molar-refractivity contribution < 1.29 is 14.7 Å². The zero-order chi connectivity index (χ0) is 16.9. The van der Waals surface area contributed by atoms with Gasteiger partial charge in [0.05, 0.1) is 5.56 Å². The Hall–Kier alpha value is -2.82. The third kappa shape index (κ3) is 4.63. The van der Waals surface area contributed by atoms with Crippen molar-refractivity contribution in [2.45, 2.75) is 20.8 Å². The Kier molecular flexibility index (Phi) is 5.69. The number of ketones is 1. The van der Waals surface area contributed by atoms with E-state index in [1.165, 1.54) is 6.07 Å². The van der Waals surface area contributed by atoms with Crippen molar-refractivity contribution in [1.82, 2.24) is 0 Å². The number of anilines is 2. The summed E-state index contributed by atoms with van der Waals surface area (Å²) in [5.41, 5.74) is 15.2. The lowest BCUT2D eigenvalue weighted by Crippen LogP contribution is -1.98. The van der Waals surface area contributed by atoms with E-state index in [9.17, 15) is 9.59 Å². The first-order chi connectivity index (χ1) is 10.2. The Morgan fingerprint density at radius 3 is 1.64 bits per heavy atom. The number of rotatable bonds is 2. The number of nitrogens with two attached hydrogens (primary N) is 2. The molecule has 116 valence electrons. The molecule has 0 radical (unpaired) electrons. The quantitative estimate of drug-likeness (QED) is 0.583. The van der Waals surface area contributed by atoms with Crippen molar-refractivity contribution in [3.63, 3.8) is 0 Å². The zero-order valence-corrected chi connectivity index (χ0v) is 12.9. The van der Waals surface area contributed by atoms with Crippen LogP contribution in [0.1, 0.15) is 38.8 Å². The maximum Gasteiger partial charge on any atom is 0.335 e. The second-order valence-electron chi connectivity index (χ2n) is 5.00. The highest BCUT2D eigenvalue weighted by Crippen LogP contribution is 2.13. The lowest BCUT2D eigenvalue weighted by Gasteiger charge is -2.00. The normalized spacial score (nSPS) is 9.59. The SMILES string of the molecule is CC(=O)c1ccc(N)c(C)c1.Cc1cc(C(=O)O)ccc1N. The summed E-state index contributed by atoms with van der Waals surface area (Å²) in [4.78, 5) is 21.3. The number of carboxylic acid groups (broad SMARTS) is 1. The molecule has 0 unspecified atom stereocenters. The Balaban J connectivity index is 0.000000220. The topological polar surface area (TPSA) is 106 Å². The fraction of sp³-hybridized carbons (Fsp3) is 0.176. The first-order valence-electron chi connectivity index (χ1n) is 6.69. The second kappa shape index (κ2) is 7.26. The number of carbonyl (C=O) groups excluding carboxylic acids is 1. The maximum atomic E-state index is 10.9. The minimum absolute atomic E-state index is 0.0769. The molecule has 0 aliphatic rings.